The summed E-state index contributed by atoms with van der Waals surface area (Å²) >= 11 is 5.92. The predicted molar refractivity (Wildman–Crippen MR) is 78.0 cm³/mol. The van der Waals surface area contributed by atoms with E-state index in [4.69, 9.17) is 11.6 Å². The Morgan fingerprint density at radius 3 is 2.53 bits per heavy atom. The summed E-state index contributed by atoms with van der Waals surface area (Å²) in [4.78, 5) is 0. The third-order valence-electron chi connectivity index (χ3n) is 3.12. The van der Waals surface area contributed by atoms with Gasteiger partial charge in [-0.3, -0.25) is 0 Å². The van der Waals surface area contributed by atoms with E-state index in [1.807, 2.05) is 30.3 Å². The Labute approximate surface area is 118 Å². The molecule has 0 spiro atoms. The number of halogens is 2. The van der Waals surface area contributed by atoms with E-state index in [1.54, 1.807) is 0 Å². The molecule has 2 aromatic carbocycles. The van der Waals surface area contributed by atoms with E-state index in [1.165, 1.54) is 23.3 Å². The topological polar surface area (TPSA) is 12.0 Å². The molecule has 1 nitrogen and oxygen atoms in total. The van der Waals surface area contributed by atoms with E-state index in [-0.39, 0.29) is 5.82 Å². The molecule has 0 radical (unpaired) electrons. The largest absolute Gasteiger partial charge is 0.312 e. The van der Waals surface area contributed by atoms with Gasteiger partial charge in [-0.2, -0.15) is 0 Å². The summed E-state index contributed by atoms with van der Waals surface area (Å²) < 4.78 is 12.7. The molecule has 0 heterocycles. The lowest BCUT2D eigenvalue weighted by molar-refractivity contribution is 0.626. The van der Waals surface area contributed by atoms with E-state index in [2.05, 4.69) is 12.2 Å². The lowest BCUT2D eigenvalue weighted by atomic mass is 10.1. The number of benzene rings is 2. The molecule has 1 N–H and O–H groups in total. The second-order valence-electron chi connectivity index (χ2n) is 4.62. The van der Waals surface area contributed by atoms with Crippen molar-refractivity contribution in [1.82, 2.24) is 5.32 Å². The monoisotopic (exact) mass is 277 g/mol. The molecule has 2 rings (SSSR count). The van der Waals surface area contributed by atoms with Crippen LogP contribution in [-0.4, -0.2) is 6.54 Å². The molecule has 0 aliphatic rings. The number of nitrogens with one attached hydrogen (secondary N) is 1. The van der Waals surface area contributed by atoms with Gasteiger partial charge in [-0.1, -0.05) is 29.8 Å². The lowest BCUT2D eigenvalue weighted by Crippen LogP contribution is -2.17. The van der Waals surface area contributed by atoms with E-state index >= 15 is 0 Å². The van der Waals surface area contributed by atoms with Crippen molar-refractivity contribution in [3.8, 4) is 0 Å². The first-order valence-electron chi connectivity index (χ1n) is 6.35. The number of rotatable bonds is 5. The third-order valence-corrected chi connectivity index (χ3v) is 3.36. The van der Waals surface area contributed by atoms with E-state index in [0.717, 1.165) is 30.1 Å². The first-order valence-corrected chi connectivity index (χ1v) is 6.73. The van der Waals surface area contributed by atoms with Gasteiger partial charge in [0.15, 0.2) is 0 Å². The maximum Gasteiger partial charge on any atom is 0.123 e. The molecule has 0 aliphatic carbocycles. The lowest BCUT2D eigenvalue weighted by Gasteiger charge is -2.08. The zero-order valence-electron chi connectivity index (χ0n) is 10.9. The van der Waals surface area contributed by atoms with Crippen LogP contribution >= 0.6 is 11.6 Å². The summed E-state index contributed by atoms with van der Waals surface area (Å²) in [5, 5.41) is 4.16. The Balaban J connectivity index is 1.79. The fourth-order valence-electron chi connectivity index (χ4n) is 1.96. The first-order chi connectivity index (χ1) is 9.15. The van der Waals surface area contributed by atoms with E-state index in [9.17, 15) is 4.39 Å². The third kappa shape index (κ3) is 4.34. The molecule has 2 aromatic rings. The van der Waals surface area contributed by atoms with Gasteiger partial charge in [0.05, 0.1) is 0 Å². The normalized spacial score (nSPS) is 10.7. The van der Waals surface area contributed by atoms with Crippen molar-refractivity contribution in [2.24, 2.45) is 0 Å². The van der Waals surface area contributed by atoms with Crippen LogP contribution in [0.3, 0.4) is 0 Å². The molecule has 19 heavy (non-hydrogen) atoms. The fourth-order valence-corrected chi connectivity index (χ4v) is 2.19. The average molecular weight is 278 g/mol. The highest BCUT2D eigenvalue weighted by atomic mass is 35.5. The van der Waals surface area contributed by atoms with Crippen molar-refractivity contribution >= 4 is 11.6 Å². The summed E-state index contributed by atoms with van der Waals surface area (Å²) in [5.41, 5.74) is 3.59. The molecule has 0 aliphatic heterocycles. The van der Waals surface area contributed by atoms with Crippen LogP contribution in [0.2, 0.25) is 5.02 Å². The smallest absolute Gasteiger partial charge is 0.123 e. The molecule has 0 saturated carbocycles. The molecule has 0 aromatic heterocycles. The van der Waals surface area contributed by atoms with Crippen LogP contribution in [0.1, 0.15) is 16.7 Å². The Kier molecular flexibility index (Phi) is 4.94. The van der Waals surface area contributed by atoms with Gasteiger partial charge in [-0.05, 0) is 60.8 Å². The molecule has 0 unspecified atom stereocenters. The van der Waals surface area contributed by atoms with Crippen molar-refractivity contribution in [1.29, 1.82) is 0 Å². The maximum atomic E-state index is 12.7. The van der Waals surface area contributed by atoms with Crippen LogP contribution in [0.4, 0.5) is 4.39 Å². The summed E-state index contributed by atoms with van der Waals surface area (Å²) in [5.74, 6) is -0.187. The van der Waals surface area contributed by atoms with Crippen LogP contribution in [0, 0.1) is 12.7 Å². The molecule has 3 heteroatoms. The summed E-state index contributed by atoms with van der Waals surface area (Å²) in [6, 6.07) is 12.6. The molecule has 0 amide bonds. The van der Waals surface area contributed by atoms with Crippen LogP contribution < -0.4 is 5.32 Å². The fraction of sp³-hybridized carbons (Fsp3) is 0.250. The zero-order valence-corrected chi connectivity index (χ0v) is 11.7. The highest BCUT2D eigenvalue weighted by molar-refractivity contribution is 6.30. The average Bonchev–Trinajstić information content (AvgIpc) is 2.39. The minimum Gasteiger partial charge on any atom is -0.312 e. The first kappa shape index (κ1) is 14.0. The summed E-state index contributed by atoms with van der Waals surface area (Å²) in [6.45, 7) is 3.75. The summed E-state index contributed by atoms with van der Waals surface area (Å²) in [7, 11) is 0. The number of hydrogen-bond acceptors (Lipinski definition) is 1. The Morgan fingerprint density at radius 2 is 1.84 bits per heavy atom. The summed E-state index contributed by atoms with van der Waals surface area (Å²) in [6.07, 6.45) is 0.896. The van der Waals surface area contributed by atoms with E-state index < -0.39 is 0 Å². The minimum atomic E-state index is -0.187. The van der Waals surface area contributed by atoms with Crippen LogP contribution in [0.15, 0.2) is 42.5 Å². The maximum absolute atomic E-state index is 12.7. The minimum absolute atomic E-state index is 0.187. The highest BCUT2D eigenvalue weighted by Gasteiger charge is 1.99. The van der Waals surface area contributed by atoms with Crippen LogP contribution in [0.5, 0.6) is 0 Å². The number of aryl methyl sites for hydroxylation is 1. The Morgan fingerprint density at radius 1 is 1.11 bits per heavy atom. The second kappa shape index (κ2) is 6.69. The quantitative estimate of drug-likeness (QED) is 0.811. The Hall–Kier alpha value is -1.38. The van der Waals surface area contributed by atoms with Gasteiger partial charge in [0.2, 0.25) is 0 Å². The molecule has 0 bridgehead atoms. The van der Waals surface area contributed by atoms with Crippen LogP contribution in [0.25, 0.3) is 0 Å². The van der Waals surface area contributed by atoms with Crippen molar-refractivity contribution < 1.29 is 4.39 Å². The predicted octanol–water partition coefficient (Wildman–Crippen LogP) is 4.12. The molecule has 100 valence electrons. The second-order valence-corrected chi connectivity index (χ2v) is 5.06. The van der Waals surface area contributed by atoms with Crippen LogP contribution in [-0.2, 0) is 13.0 Å². The molecular formula is C16H17ClFN. The van der Waals surface area contributed by atoms with Gasteiger partial charge < -0.3 is 5.32 Å². The van der Waals surface area contributed by atoms with Gasteiger partial charge in [-0.15, -0.1) is 0 Å². The van der Waals surface area contributed by atoms with Crippen molar-refractivity contribution in [3.05, 3.63) is 70.0 Å². The van der Waals surface area contributed by atoms with Gasteiger partial charge in [0, 0.05) is 11.6 Å². The Bertz CT molecular complexity index is 537. The zero-order chi connectivity index (χ0) is 13.7. The van der Waals surface area contributed by atoms with Gasteiger partial charge >= 0.3 is 0 Å². The molecule has 0 atom stereocenters. The standard InChI is InChI=1S/C16H17ClFN/c1-12-10-15(17)5-4-14(12)11-19-9-8-13-2-6-16(18)7-3-13/h2-7,10,19H,8-9,11H2,1H3. The van der Waals surface area contributed by atoms with Gasteiger partial charge in [0.1, 0.15) is 5.82 Å². The van der Waals surface area contributed by atoms with Crippen molar-refractivity contribution in [3.63, 3.8) is 0 Å². The molecule has 0 saturated heterocycles. The van der Waals surface area contributed by atoms with Crippen molar-refractivity contribution in [2.75, 3.05) is 6.54 Å². The van der Waals surface area contributed by atoms with Crippen molar-refractivity contribution in [2.45, 2.75) is 19.9 Å². The number of hydrogen-bond donors (Lipinski definition) is 1. The SMILES string of the molecule is Cc1cc(Cl)ccc1CNCCc1ccc(F)cc1. The van der Waals surface area contributed by atoms with Gasteiger partial charge in [-0.25, -0.2) is 4.39 Å². The van der Waals surface area contributed by atoms with Gasteiger partial charge in [0.25, 0.3) is 0 Å². The highest BCUT2D eigenvalue weighted by Crippen LogP contribution is 2.14. The molecule has 0 fully saturated rings. The van der Waals surface area contributed by atoms with E-state index in [0.29, 0.717) is 0 Å². The molecular weight excluding hydrogens is 261 g/mol.